The molecule has 5 heteroatoms. The minimum atomic E-state index is 0.0678. The third kappa shape index (κ3) is 2.22. The van der Waals surface area contributed by atoms with Crippen molar-refractivity contribution >= 4 is 12.2 Å². The number of H-pyrrole nitrogens is 1. The van der Waals surface area contributed by atoms with Gasteiger partial charge in [0.2, 0.25) is 0 Å². The van der Waals surface area contributed by atoms with Crippen LogP contribution in [0.2, 0.25) is 0 Å². The Labute approximate surface area is 124 Å². The smallest absolute Gasteiger partial charge is 0.138 e. The van der Waals surface area contributed by atoms with Gasteiger partial charge < -0.3 is 9.72 Å². The van der Waals surface area contributed by atoms with Gasteiger partial charge in [0, 0.05) is 23.8 Å². The van der Waals surface area contributed by atoms with Gasteiger partial charge in [-0.3, -0.25) is 4.90 Å². The van der Waals surface area contributed by atoms with Gasteiger partial charge in [-0.15, -0.1) is 0 Å². The number of hydrogen-bond donors (Lipinski definition) is 1. The number of fused-ring (bicyclic) bond motifs is 2. The minimum absolute atomic E-state index is 0.0678. The number of rotatable bonds is 1. The molecule has 2 aliphatic heterocycles. The topological polar surface area (TPSA) is 41.2 Å². The van der Waals surface area contributed by atoms with Crippen molar-refractivity contribution in [3.8, 4) is 0 Å². The van der Waals surface area contributed by atoms with Crippen LogP contribution in [0, 0.1) is 4.64 Å². The van der Waals surface area contributed by atoms with Crippen molar-refractivity contribution in [3.05, 3.63) is 21.7 Å². The summed E-state index contributed by atoms with van der Waals surface area (Å²) in [7, 11) is 0. The average molecular weight is 291 g/mol. The van der Waals surface area contributed by atoms with E-state index in [2.05, 4.69) is 14.9 Å². The van der Waals surface area contributed by atoms with E-state index >= 15 is 0 Å². The van der Waals surface area contributed by atoms with Gasteiger partial charge in [-0.1, -0.05) is 12.2 Å². The minimum Gasteiger partial charge on any atom is -0.367 e. The Morgan fingerprint density at radius 2 is 2.15 bits per heavy atom. The van der Waals surface area contributed by atoms with Gasteiger partial charge >= 0.3 is 0 Å². The Balaban J connectivity index is 1.62. The quantitative estimate of drug-likeness (QED) is 0.807. The lowest BCUT2D eigenvalue weighted by atomic mass is 9.97. The Kier molecular flexibility index (Phi) is 3.36. The van der Waals surface area contributed by atoms with Crippen molar-refractivity contribution in [2.24, 2.45) is 0 Å². The van der Waals surface area contributed by atoms with Gasteiger partial charge in [0.1, 0.15) is 16.6 Å². The zero-order valence-corrected chi connectivity index (χ0v) is 12.5. The molecule has 0 bridgehead atoms. The van der Waals surface area contributed by atoms with Crippen molar-refractivity contribution in [2.75, 3.05) is 19.7 Å². The lowest BCUT2D eigenvalue weighted by Crippen LogP contribution is -2.43. The molecule has 4 nitrogen and oxygen atoms in total. The first-order chi connectivity index (χ1) is 9.81. The van der Waals surface area contributed by atoms with E-state index in [4.69, 9.17) is 17.0 Å². The monoisotopic (exact) mass is 291 g/mol. The first kappa shape index (κ1) is 12.9. The number of nitrogens with one attached hydrogen (secondary N) is 1. The molecule has 3 heterocycles. The van der Waals surface area contributed by atoms with Gasteiger partial charge in [0.05, 0.1) is 6.61 Å². The maximum absolute atomic E-state index is 6.04. The fraction of sp³-hybridized carbons (Fsp3) is 0.733. The SMILES string of the molecule is S=c1nc(C2CN3CCCC3CO2)[nH]c2c1CCCC2. The Bertz CT molecular complexity index is 571. The number of aromatic nitrogens is 2. The summed E-state index contributed by atoms with van der Waals surface area (Å²) in [4.78, 5) is 10.7. The highest BCUT2D eigenvalue weighted by Crippen LogP contribution is 2.30. The average Bonchev–Trinajstić information content (AvgIpc) is 2.94. The highest BCUT2D eigenvalue weighted by atomic mass is 32.1. The van der Waals surface area contributed by atoms with Gasteiger partial charge in [-0.2, -0.15) is 0 Å². The van der Waals surface area contributed by atoms with Crippen LogP contribution in [-0.4, -0.2) is 40.6 Å². The number of morpholine rings is 1. The van der Waals surface area contributed by atoms with Gasteiger partial charge in [0.15, 0.2) is 0 Å². The highest BCUT2D eigenvalue weighted by molar-refractivity contribution is 7.71. The molecule has 1 aliphatic carbocycles. The number of aryl methyl sites for hydroxylation is 1. The molecule has 2 unspecified atom stereocenters. The standard InChI is InChI=1S/C15H21N3OS/c20-15-11-5-1-2-6-12(11)16-14(17-15)13-8-18-7-3-4-10(18)9-19-13/h10,13H,1-9H2,(H,16,17,20). The molecule has 2 saturated heterocycles. The van der Waals surface area contributed by atoms with Crippen LogP contribution in [0.3, 0.4) is 0 Å². The maximum Gasteiger partial charge on any atom is 0.138 e. The summed E-state index contributed by atoms with van der Waals surface area (Å²) in [6.07, 6.45) is 7.32. The molecule has 2 fully saturated rings. The molecule has 3 aliphatic rings. The predicted molar refractivity (Wildman–Crippen MR) is 79.4 cm³/mol. The highest BCUT2D eigenvalue weighted by Gasteiger charge is 2.34. The van der Waals surface area contributed by atoms with Crippen LogP contribution in [0.25, 0.3) is 0 Å². The van der Waals surface area contributed by atoms with E-state index in [0.717, 1.165) is 36.5 Å². The van der Waals surface area contributed by atoms with Gasteiger partial charge in [-0.25, -0.2) is 4.98 Å². The summed E-state index contributed by atoms with van der Waals surface area (Å²) >= 11 is 5.49. The molecule has 1 aromatic heterocycles. The van der Waals surface area contributed by atoms with E-state index in [1.807, 2.05) is 0 Å². The summed E-state index contributed by atoms with van der Waals surface area (Å²) in [5.41, 5.74) is 2.57. The van der Waals surface area contributed by atoms with E-state index in [1.165, 1.54) is 43.5 Å². The summed E-state index contributed by atoms with van der Waals surface area (Å²) in [5, 5.41) is 0. The van der Waals surface area contributed by atoms with E-state index in [0.29, 0.717) is 6.04 Å². The second-order valence-electron chi connectivity index (χ2n) is 6.20. The van der Waals surface area contributed by atoms with Crippen molar-refractivity contribution in [1.29, 1.82) is 0 Å². The van der Waals surface area contributed by atoms with Gasteiger partial charge in [0.25, 0.3) is 0 Å². The van der Waals surface area contributed by atoms with Crippen LogP contribution < -0.4 is 0 Å². The Morgan fingerprint density at radius 3 is 3.10 bits per heavy atom. The number of ether oxygens (including phenoxy) is 1. The van der Waals surface area contributed by atoms with Crippen LogP contribution >= 0.6 is 12.2 Å². The second-order valence-corrected chi connectivity index (χ2v) is 6.59. The second kappa shape index (κ2) is 5.20. The zero-order chi connectivity index (χ0) is 13.5. The number of nitrogens with zero attached hydrogens (tertiary/aromatic N) is 2. The molecule has 20 heavy (non-hydrogen) atoms. The first-order valence-corrected chi connectivity index (χ1v) is 8.20. The molecule has 0 radical (unpaired) electrons. The number of aromatic amines is 1. The molecular formula is C15H21N3OS. The fourth-order valence-corrected chi connectivity index (χ4v) is 4.10. The van der Waals surface area contributed by atoms with Crippen LogP contribution in [0.4, 0.5) is 0 Å². The molecule has 0 amide bonds. The number of hydrogen-bond acceptors (Lipinski definition) is 4. The van der Waals surface area contributed by atoms with Gasteiger partial charge in [-0.05, 0) is 45.1 Å². The summed E-state index contributed by atoms with van der Waals surface area (Å²) in [6.45, 7) is 3.00. The van der Waals surface area contributed by atoms with E-state index in [9.17, 15) is 0 Å². The van der Waals surface area contributed by atoms with E-state index in [-0.39, 0.29) is 6.10 Å². The lowest BCUT2D eigenvalue weighted by molar-refractivity contribution is -0.0542. The van der Waals surface area contributed by atoms with E-state index < -0.39 is 0 Å². The fourth-order valence-electron chi connectivity index (χ4n) is 3.77. The summed E-state index contributed by atoms with van der Waals surface area (Å²) in [6, 6.07) is 0.631. The molecule has 4 rings (SSSR count). The zero-order valence-electron chi connectivity index (χ0n) is 11.7. The summed E-state index contributed by atoms with van der Waals surface area (Å²) < 4.78 is 6.83. The molecule has 1 N–H and O–H groups in total. The van der Waals surface area contributed by atoms with Crippen molar-refractivity contribution < 1.29 is 4.74 Å². The lowest BCUT2D eigenvalue weighted by Gasteiger charge is -2.35. The van der Waals surface area contributed by atoms with Crippen LogP contribution in [0.5, 0.6) is 0 Å². The van der Waals surface area contributed by atoms with Crippen molar-refractivity contribution in [2.45, 2.75) is 50.7 Å². The molecular weight excluding hydrogens is 270 g/mol. The van der Waals surface area contributed by atoms with Crippen LogP contribution in [-0.2, 0) is 17.6 Å². The Hall–Kier alpha value is -0.780. The van der Waals surface area contributed by atoms with Crippen LogP contribution in [0.15, 0.2) is 0 Å². The molecule has 0 saturated carbocycles. The van der Waals surface area contributed by atoms with Crippen molar-refractivity contribution in [1.82, 2.24) is 14.9 Å². The van der Waals surface area contributed by atoms with Crippen LogP contribution in [0.1, 0.15) is 48.9 Å². The molecule has 2 atom stereocenters. The molecule has 0 spiro atoms. The third-order valence-corrected chi connectivity index (χ3v) is 5.26. The normalized spacial score (nSPS) is 30.0. The largest absolute Gasteiger partial charge is 0.367 e. The predicted octanol–water partition coefficient (Wildman–Crippen LogP) is 2.55. The van der Waals surface area contributed by atoms with E-state index in [1.54, 1.807) is 0 Å². The third-order valence-electron chi connectivity index (χ3n) is 4.92. The summed E-state index contributed by atoms with van der Waals surface area (Å²) in [5.74, 6) is 0.945. The van der Waals surface area contributed by atoms with Crippen molar-refractivity contribution in [3.63, 3.8) is 0 Å². The molecule has 1 aromatic rings. The molecule has 0 aromatic carbocycles. The Morgan fingerprint density at radius 1 is 1.25 bits per heavy atom. The molecule has 108 valence electrons. The first-order valence-electron chi connectivity index (χ1n) is 7.79. The maximum atomic E-state index is 6.04.